The molecule has 3 aliphatic carbocycles. The molecule has 2 aromatic rings. The second kappa shape index (κ2) is 22.2. The Bertz CT molecular complexity index is 1800. The fourth-order valence-electron chi connectivity index (χ4n) is 9.47. The molecule has 10 N–H and O–H groups in total. The van der Waals surface area contributed by atoms with E-state index in [1.165, 1.54) is 43.4 Å². The summed E-state index contributed by atoms with van der Waals surface area (Å²) in [7, 11) is -0.626. The van der Waals surface area contributed by atoms with Gasteiger partial charge in [0.2, 0.25) is 23.6 Å². The van der Waals surface area contributed by atoms with Gasteiger partial charge < -0.3 is 52.5 Å². The van der Waals surface area contributed by atoms with Gasteiger partial charge in [-0.15, -0.1) is 0 Å². The van der Waals surface area contributed by atoms with E-state index in [1.54, 1.807) is 0 Å². The third-order valence-electron chi connectivity index (χ3n) is 13.7. The number of aliphatic hydroxyl groups is 1. The molecule has 10 atom stereocenters. The van der Waals surface area contributed by atoms with Crippen LogP contribution in [-0.4, -0.2) is 96.9 Å². The largest absolute Gasteiger partial charge is 0.481 e. The Morgan fingerprint density at radius 1 is 0.806 bits per heavy atom. The number of carbonyl (C=O) groups excluding carboxylic acids is 4. The van der Waals surface area contributed by atoms with Crippen molar-refractivity contribution in [1.82, 2.24) is 26.6 Å². The van der Waals surface area contributed by atoms with Gasteiger partial charge in [-0.1, -0.05) is 75.7 Å². The number of benzene rings is 2. The highest BCUT2D eigenvalue weighted by molar-refractivity contribution is 6.47. The van der Waals surface area contributed by atoms with Crippen LogP contribution in [0.1, 0.15) is 117 Å². The summed E-state index contributed by atoms with van der Waals surface area (Å²) in [5, 5.41) is 24.8. The van der Waals surface area contributed by atoms with Crippen LogP contribution in [0, 0.1) is 17.3 Å². The summed E-state index contributed by atoms with van der Waals surface area (Å²) in [6.45, 7) is 15.3. The van der Waals surface area contributed by atoms with Crippen LogP contribution in [0.5, 0.6) is 0 Å². The first kappa shape index (κ1) is 49.2. The van der Waals surface area contributed by atoms with E-state index in [2.05, 4.69) is 103 Å². The van der Waals surface area contributed by atoms with Crippen molar-refractivity contribution in [2.45, 2.75) is 167 Å². The molecular weight excluding hydrogens is 785 g/mol. The van der Waals surface area contributed by atoms with Gasteiger partial charge in [0, 0.05) is 6.54 Å². The summed E-state index contributed by atoms with van der Waals surface area (Å²) >= 11 is 0. The molecule has 1 unspecified atom stereocenters. The van der Waals surface area contributed by atoms with E-state index < -0.39 is 72.6 Å². The second-order valence-electron chi connectivity index (χ2n) is 18.9. The first-order valence-electron chi connectivity index (χ1n) is 23.1. The first-order chi connectivity index (χ1) is 29.5. The van der Waals surface area contributed by atoms with Crippen LogP contribution in [0.25, 0.3) is 11.1 Å². The Morgan fingerprint density at radius 2 is 1.47 bits per heavy atom. The molecule has 0 radical (unpaired) electrons. The number of hydrogen-bond donors (Lipinski definition) is 8. The van der Waals surface area contributed by atoms with Crippen molar-refractivity contribution in [3.8, 4) is 11.1 Å². The van der Waals surface area contributed by atoms with E-state index in [4.69, 9.17) is 20.8 Å². The van der Waals surface area contributed by atoms with Gasteiger partial charge in [-0.25, -0.2) is 0 Å². The van der Waals surface area contributed by atoms with Gasteiger partial charge in [0.1, 0.15) is 18.1 Å². The Hall–Kier alpha value is -3.86. The number of nitrogens with one attached hydrogen (secondary N) is 5. The van der Waals surface area contributed by atoms with E-state index in [9.17, 15) is 24.3 Å². The van der Waals surface area contributed by atoms with Gasteiger partial charge in [-0.3, -0.25) is 19.2 Å². The quantitative estimate of drug-likeness (QED) is 0.0566. The average Bonchev–Trinajstić information content (AvgIpc) is 3.62. The monoisotopic (exact) mass is 860 g/mol. The molecular formula is C47H74BN7O7. The van der Waals surface area contributed by atoms with Crippen molar-refractivity contribution >= 4 is 30.7 Å². The molecule has 1 saturated heterocycles. The lowest BCUT2D eigenvalue weighted by atomic mass is 9.43. The topological polar surface area (TPSA) is 219 Å². The summed E-state index contributed by atoms with van der Waals surface area (Å²) in [5.74, 6) is -1.86. The number of amides is 4. The van der Waals surface area contributed by atoms with Gasteiger partial charge >= 0.3 is 7.12 Å². The summed E-state index contributed by atoms with van der Waals surface area (Å²) in [6.07, 6.45) is 6.75. The van der Waals surface area contributed by atoms with Crippen molar-refractivity contribution in [2.24, 2.45) is 28.7 Å². The smallest absolute Gasteiger partial charge is 0.404 e. The van der Waals surface area contributed by atoms with Gasteiger partial charge in [0.05, 0.1) is 29.8 Å². The highest BCUT2D eigenvalue weighted by Crippen LogP contribution is 2.65. The predicted octanol–water partition coefficient (Wildman–Crippen LogP) is 3.65. The van der Waals surface area contributed by atoms with Crippen molar-refractivity contribution < 1.29 is 33.6 Å². The van der Waals surface area contributed by atoms with Crippen LogP contribution in [-0.2, 0) is 41.5 Å². The Balaban J connectivity index is 1.04. The van der Waals surface area contributed by atoms with E-state index >= 15 is 0 Å². The minimum Gasteiger partial charge on any atom is -0.404 e. The van der Waals surface area contributed by atoms with E-state index in [1.807, 2.05) is 6.92 Å². The molecule has 1 aliphatic heterocycles. The molecule has 2 bridgehead atoms. The van der Waals surface area contributed by atoms with Crippen molar-refractivity contribution in [3.63, 3.8) is 0 Å². The molecule has 0 spiro atoms. The first-order valence-corrected chi connectivity index (χ1v) is 23.1. The Kier molecular flexibility index (Phi) is 17.6. The van der Waals surface area contributed by atoms with Crippen LogP contribution >= 0.6 is 0 Å². The molecule has 342 valence electrons. The Labute approximate surface area is 369 Å². The number of rotatable bonds is 24. The summed E-state index contributed by atoms with van der Waals surface area (Å²) in [4.78, 5) is 53.4. The van der Waals surface area contributed by atoms with Crippen LogP contribution in [0.15, 0.2) is 48.5 Å². The minimum atomic E-state index is -1.36. The minimum absolute atomic E-state index is 0.0360. The van der Waals surface area contributed by atoms with Crippen molar-refractivity contribution in [1.29, 1.82) is 0 Å². The third kappa shape index (κ3) is 12.2. The molecule has 6 rings (SSSR count). The fourth-order valence-corrected chi connectivity index (χ4v) is 9.47. The summed E-state index contributed by atoms with van der Waals surface area (Å²) in [6, 6.07) is 12.9. The molecule has 4 fully saturated rings. The third-order valence-corrected chi connectivity index (χ3v) is 13.7. The summed E-state index contributed by atoms with van der Waals surface area (Å²) in [5.41, 5.74) is 16.5. The predicted molar refractivity (Wildman–Crippen MR) is 243 cm³/mol. The molecule has 14 nitrogen and oxygen atoms in total. The van der Waals surface area contributed by atoms with Gasteiger partial charge in [-0.05, 0) is 138 Å². The fraction of sp³-hybridized carbons (Fsp3) is 0.660. The second-order valence-corrected chi connectivity index (χ2v) is 18.9. The normalized spacial score (nSPS) is 24.0. The maximum absolute atomic E-state index is 13.6. The molecule has 4 aliphatic rings. The number of hydrogen-bond acceptors (Lipinski definition) is 10. The zero-order chi connectivity index (χ0) is 45.2. The maximum atomic E-state index is 13.6. The molecule has 4 amide bonds. The van der Waals surface area contributed by atoms with Crippen LogP contribution in [0.3, 0.4) is 0 Å². The molecule has 1 heterocycles. The highest BCUT2D eigenvalue weighted by Gasteiger charge is 2.68. The van der Waals surface area contributed by atoms with E-state index in [0.717, 1.165) is 24.8 Å². The van der Waals surface area contributed by atoms with E-state index in [0.29, 0.717) is 63.6 Å². The zero-order valence-electron chi connectivity index (χ0n) is 38.1. The van der Waals surface area contributed by atoms with Crippen molar-refractivity contribution in [2.75, 3.05) is 13.1 Å². The average molecular weight is 860 g/mol. The number of carbonyl (C=O) groups is 4. The van der Waals surface area contributed by atoms with E-state index in [-0.39, 0.29) is 11.5 Å². The Morgan fingerprint density at radius 3 is 2.08 bits per heavy atom. The molecule has 3 saturated carbocycles. The molecule has 0 aromatic heterocycles. The van der Waals surface area contributed by atoms with Crippen LogP contribution in [0.4, 0.5) is 0 Å². The standard InChI is InChI=1S/C47H74BN7O7/c1-8-9-13-32-16-20-34(21-17-32)35-22-18-33(19-23-35)28-51-25-12-14-37(50)43(58)55-41(30(3)56)45(60)52-29(2)42(57)54-38(15-10-11-24-49)44(59)53-31(4)48-61-40-27-36-26-39(46(36,5)6)47(40,7)62-48/h16-23,29-31,36-41,51,56H,8-15,24-28,49-50H2,1-7H3,(H,52,60)(H,53,59)(H,54,57)(H,55,58)/t29-,30+,31-,36-,37-,38-,39-,40?,41-,47-/m0/s1. The lowest BCUT2D eigenvalue weighted by molar-refractivity contribution is -0.199. The van der Waals surface area contributed by atoms with Gasteiger partial charge in [0.25, 0.3) is 0 Å². The lowest BCUT2D eigenvalue weighted by Crippen LogP contribution is -2.65. The number of unbranched alkanes of at least 4 members (excludes halogenated alkanes) is 2. The van der Waals surface area contributed by atoms with Crippen LogP contribution in [0.2, 0.25) is 0 Å². The molecule has 15 heteroatoms. The number of aliphatic hydroxyl groups excluding tert-OH is 1. The van der Waals surface area contributed by atoms with Gasteiger partial charge in [-0.2, -0.15) is 0 Å². The highest BCUT2D eigenvalue weighted by atomic mass is 16.7. The molecule has 62 heavy (non-hydrogen) atoms. The zero-order valence-corrected chi connectivity index (χ0v) is 38.1. The lowest BCUT2D eigenvalue weighted by Gasteiger charge is -2.64. The van der Waals surface area contributed by atoms with Gasteiger partial charge in [0.15, 0.2) is 0 Å². The number of nitrogens with two attached hydrogens (primary N) is 2. The maximum Gasteiger partial charge on any atom is 0.481 e. The van der Waals surface area contributed by atoms with Crippen LogP contribution < -0.4 is 38.1 Å². The SMILES string of the molecule is CCCCc1ccc(-c2ccc(CNCCC[C@H](N)C(=O)N[C@H](C(=O)N[C@@H](C)C(=O)N[C@@H](CCCCN)C(=O)N[C@@H](C)B3OC4C[C@@H]5C[C@@H](C5(C)C)[C@]4(C)O3)[C@@H](C)O)cc2)cc1. The summed E-state index contributed by atoms with van der Waals surface area (Å²) < 4.78 is 12.9. The van der Waals surface area contributed by atoms with Crippen molar-refractivity contribution in [3.05, 3.63) is 59.7 Å². The molecule has 2 aromatic carbocycles. The number of aryl methyl sites for hydroxylation is 1.